The van der Waals surface area contributed by atoms with Gasteiger partial charge in [-0.15, -0.1) is 0 Å². The molecule has 1 heterocycles. The van der Waals surface area contributed by atoms with E-state index in [0.29, 0.717) is 11.3 Å². The van der Waals surface area contributed by atoms with Crippen molar-refractivity contribution in [1.82, 2.24) is 4.98 Å². The maximum Gasteiger partial charge on any atom is 0.204 e. The van der Waals surface area contributed by atoms with E-state index in [2.05, 4.69) is 68.9 Å². The first-order valence-electron chi connectivity index (χ1n) is 9.42. The molecule has 0 amide bonds. The number of aromatic nitrogens is 1. The maximum atomic E-state index is 5.92. The topological polar surface area (TPSA) is 26.0 Å². The Morgan fingerprint density at radius 1 is 1.17 bits per heavy atom. The minimum atomic E-state index is -0.181. The molecule has 2 nitrogen and oxygen atoms in total. The summed E-state index contributed by atoms with van der Waals surface area (Å²) in [4.78, 5) is 4.87. The largest absolute Gasteiger partial charge is 0.448 e. The highest BCUT2D eigenvalue weighted by atomic mass is 16.3. The lowest BCUT2D eigenvalue weighted by Gasteiger charge is -2.34. The summed E-state index contributed by atoms with van der Waals surface area (Å²) in [6.45, 7) is 24.6. The molecule has 24 heavy (non-hydrogen) atoms. The van der Waals surface area contributed by atoms with Crippen molar-refractivity contribution >= 4 is 0 Å². The van der Waals surface area contributed by atoms with Crippen LogP contribution >= 0.6 is 0 Å². The van der Waals surface area contributed by atoms with E-state index in [4.69, 9.17) is 9.40 Å². The third-order valence-electron chi connectivity index (χ3n) is 5.36. The predicted molar refractivity (Wildman–Crippen MR) is 104 cm³/mol. The first-order valence-corrected chi connectivity index (χ1v) is 9.42. The van der Waals surface area contributed by atoms with Gasteiger partial charge in [-0.25, -0.2) is 4.98 Å². The van der Waals surface area contributed by atoms with Gasteiger partial charge in [0.05, 0.1) is 11.1 Å². The molecule has 1 atom stereocenters. The third kappa shape index (κ3) is 5.50. The van der Waals surface area contributed by atoms with Crippen LogP contribution in [0.15, 0.2) is 22.8 Å². The van der Waals surface area contributed by atoms with Gasteiger partial charge in [0.25, 0.3) is 0 Å². The molecule has 0 aliphatic heterocycles. The normalized spacial score (nSPS) is 15.6. The summed E-state index contributed by atoms with van der Waals surface area (Å²) in [5, 5.41) is 0. The Morgan fingerprint density at radius 2 is 1.75 bits per heavy atom. The van der Waals surface area contributed by atoms with Gasteiger partial charge in [-0.1, -0.05) is 67.0 Å². The minimum Gasteiger partial charge on any atom is -0.448 e. The molecule has 0 aliphatic carbocycles. The SMILES string of the molecule is C=C(C)C(C)(CC(C)C)c1nc(CC(C)(C)CC(C)(C)CC)co1. The second-order valence-electron chi connectivity index (χ2n) is 9.89. The zero-order chi connectivity index (χ0) is 18.8. The van der Waals surface area contributed by atoms with E-state index >= 15 is 0 Å². The van der Waals surface area contributed by atoms with Gasteiger partial charge in [0.2, 0.25) is 5.89 Å². The molecule has 0 N–H and O–H groups in total. The summed E-state index contributed by atoms with van der Waals surface area (Å²) in [7, 11) is 0. The molecular formula is C22H39NO. The van der Waals surface area contributed by atoms with E-state index in [9.17, 15) is 0 Å². The molecule has 1 rings (SSSR count). The van der Waals surface area contributed by atoms with Gasteiger partial charge >= 0.3 is 0 Å². The number of hydrogen-bond donors (Lipinski definition) is 0. The van der Waals surface area contributed by atoms with Crippen LogP contribution in [0.4, 0.5) is 0 Å². The molecule has 138 valence electrons. The van der Waals surface area contributed by atoms with Crippen LogP contribution < -0.4 is 0 Å². The zero-order valence-corrected chi connectivity index (χ0v) is 17.5. The Kier molecular flexibility index (Phi) is 6.52. The molecule has 1 aromatic rings. The van der Waals surface area contributed by atoms with Gasteiger partial charge in [0.1, 0.15) is 6.26 Å². The summed E-state index contributed by atoms with van der Waals surface area (Å²) in [6.07, 6.45) is 6.20. The highest BCUT2D eigenvalue weighted by molar-refractivity contribution is 5.22. The maximum absolute atomic E-state index is 5.92. The van der Waals surface area contributed by atoms with Gasteiger partial charge in [-0.3, -0.25) is 0 Å². The van der Waals surface area contributed by atoms with Gasteiger partial charge in [-0.05, 0) is 49.9 Å². The van der Waals surface area contributed by atoms with Crippen molar-refractivity contribution in [2.45, 2.75) is 93.4 Å². The van der Waals surface area contributed by atoms with E-state index < -0.39 is 0 Å². The molecule has 2 heteroatoms. The van der Waals surface area contributed by atoms with Crippen LogP contribution in [0.1, 0.15) is 93.2 Å². The van der Waals surface area contributed by atoms with Crippen molar-refractivity contribution in [3.63, 3.8) is 0 Å². The van der Waals surface area contributed by atoms with E-state index in [1.165, 1.54) is 12.8 Å². The first kappa shape index (κ1) is 21.0. The monoisotopic (exact) mass is 333 g/mol. The van der Waals surface area contributed by atoms with Crippen LogP contribution in [0.25, 0.3) is 0 Å². The molecule has 0 saturated heterocycles. The molecule has 0 spiro atoms. The van der Waals surface area contributed by atoms with Gasteiger partial charge in [-0.2, -0.15) is 0 Å². The van der Waals surface area contributed by atoms with Crippen LogP contribution in [0.3, 0.4) is 0 Å². The highest BCUT2D eigenvalue weighted by Crippen LogP contribution is 2.40. The zero-order valence-electron chi connectivity index (χ0n) is 17.5. The van der Waals surface area contributed by atoms with E-state index in [0.717, 1.165) is 30.0 Å². The van der Waals surface area contributed by atoms with Crippen molar-refractivity contribution in [3.05, 3.63) is 30.0 Å². The Labute approximate surface area is 150 Å². The fourth-order valence-corrected chi connectivity index (χ4v) is 3.88. The van der Waals surface area contributed by atoms with E-state index in [1.807, 2.05) is 6.26 Å². The van der Waals surface area contributed by atoms with Gasteiger partial charge in [0, 0.05) is 0 Å². The van der Waals surface area contributed by atoms with Crippen molar-refractivity contribution in [1.29, 1.82) is 0 Å². The lowest BCUT2D eigenvalue weighted by atomic mass is 9.72. The minimum absolute atomic E-state index is 0.181. The smallest absolute Gasteiger partial charge is 0.204 e. The van der Waals surface area contributed by atoms with Crippen LogP contribution in [0.5, 0.6) is 0 Å². The summed E-state index contributed by atoms with van der Waals surface area (Å²) < 4.78 is 5.92. The molecule has 1 aromatic heterocycles. The molecule has 0 bridgehead atoms. The highest BCUT2D eigenvalue weighted by Gasteiger charge is 2.35. The molecule has 0 saturated carbocycles. The van der Waals surface area contributed by atoms with E-state index in [1.54, 1.807) is 0 Å². The Balaban J connectivity index is 2.97. The number of rotatable bonds is 9. The molecule has 0 aromatic carbocycles. The Morgan fingerprint density at radius 3 is 2.21 bits per heavy atom. The lowest BCUT2D eigenvalue weighted by molar-refractivity contribution is 0.186. The lowest BCUT2D eigenvalue weighted by Crippen LogP contribution is -2.27. The Bertz CT molecular complexity index is 550. The summed E-state index contributed by atoms with van der Waals surface area (Å²) >= 11 is 0. The molecule has 0 fully saturated rings. The fourth-order valence-electron chi connectivity index (χ4n) is 3.88. The van der Waals surface area contributed by atoms with Crippen molar-refractivity contribution < 1.29 is 4.42 Å². The van der Waals surface area contributed by atoms with Gasteiger partial charge < -0.3 is 4.42 Å². The molecule has 1 unspecified atom stereocenters. The first-order chi connectivity index (χ1) is 10.8. The van der Waals surface area contributed by atoms with Gasteiger partial charge in [0.15, 0.2) is 0 Å². The number of nitrogens with zero attached hydrogens (tertiary/aromatic N) is 1. The number of oxazole rings is 1. The molecular weight excluding hydrogens is 294 g/mol. The molecule has 0 radical (unpaired) electrons. The number of hydrogen-bond acceptors (Lipinski definition) is 2. The van der Waals surface area contributed by atoms with Crippen LogP contribution in [0, 0.1) is 16.7 Å². The second-order valence-corrected chi connectivity index (χ2v) is 9.89. The second kappa shape index (κ2) is 7.45. The third-order valence-corrected chi connectivity index (χ3v) is 5.36. The summed E-state index contributed by atoms with van der Waals surface area (Å²) in [5.41, 5.74) is 2.58. The standard InChI is InChI=1S/C22H39NO/c1-11-20(6,7)15-21(8,9)13-18-14-24-19(23-18)22(10,17(4)5)12-16(2)3/h14,16H,4,11-13,15H2,1-3,5-10H3. The average molecular weight is 334 g/mol. The summed E-state index contributed by atoms with van der Waals surface area (Å²) in [5.74, 6) is 1.40. The fraction of sp³-hybridized carbons (Fsp3) is 0.773. The van der Waals surface area contributed by atoms with Crippen molar-refractivity contribution in [3.8, 4) is 0 Å². The predicted octanol–water partition coefficient (Wildman–Crippen LogP) is 6.95. The van der Waals surface area contributed by atoms with Crippen LogP contribution in [-0.2, 0) is 11.8 Å². The van der Waals surface area contributed by atoms with E-state index in [-0.39, 0.29) is 10.8 Å². The number of allylic oxidation sites excluding steroid dienone is 1. The van der Waals surface area contributed by atoms with Crippen LogP contribution in [0.2, 0.25) is 0 Å². The summed E-state index contributed by atoms with van der Waals surface area (Å²) in [6, 6.07) is 0. The van der Waals surface area contributed by atoms with Crippen LogP contribution in [-0.4, -0.2) is 4.98 Å². The quantitative estimate of drug-likeness (QED) is 0.457. The van der Waals surface area contributed by atoms with Crippen molar-refractivity contribution in [2.75, 3.05) is 0 Å². The Hall–Kier alpha value is -1.05. The molecule has 0 aliphatic rings. The average Bonchev–Trinajstić information content (AvgIpc) is 2.84. The van der Waals surface area contributed by atoms with Crippen molar-refractivity contribution in [2.24, 2.45) is 16.7 Å².